The predicted molar refractivity (Wildman–Crippen MR) is 90.5 cm³/mol. The first-order valence-corrected chi connectivity index (χ1v) is 7.62. The molecule has 0 saturated carbocycles. The molecule has 3 rings (SSSR count). The maximum atomic E-state index is 13.0. The zero-order valence-corrected chi connectivity index (χ0v) is 13.8. The van der Waals surface area contributed by atoms with Crippen LogP contribution in [0.15, 0.2) is 40.3 Å². The number of methoxy groups -OCH3 is 1. The van der Waals surface area contributed by atoms with E-state index in [2.05, 4.69) is 9.97 Å². The van der Waals surface area contributed by atoms with Crippen LogP contribution in [0.25, 0.3) is 11.0 Å². The number of aromatic nitrogens is 4. The fraction of sp³-hybridized carbons (Fsp3) is 0.294. The van der Waals surface area contributed by atoms with E-state index in [9.17, 15) is 9.59 Å². The molecule has 3 aromatic heterocycles. The standard InChI is InChI=1S/C17H18N4O3/c1-4-12-9-19-15-13(14(12)24-3)16(22)21(17(23)20(15)2)10-11-6-5-7-18-8-11/h5-9H,4,10H2,1-3H3. The second kappa shape index (κ2) is 6.27. The molecule has 24 heavy (non-hydrogen) atoms. The minimum Gasteiger partial charge on any atom is -0.495 e. The predicted octanol–water partition coefficient (Wildman–Crippen LogP) is 1.11. The van der Waals surface area contributed by atoms with Gasteiger partial charge in [-0.25, -0.2) is 9.78 Å². The van der Waals surface area contributed by atoms with Gasteiger partial charge in [-0.15, -0.1) is 0 Å². The largest absolute Gasteiger partial charge is 0.495 e. The molecule has 7 heteroatoms. The molecule has 3 heterocycles. The van der Waals surface area contributed by atoms with Gasteiger partial charge in [-0.1, -0.05) is 13.0 Å². The number of fused-ring (bicyclic) bond motifs is 1. The van der Waals surface area contributed by atoms with Crippen LogP contribution < -0.4 is 16.0 Å². The maximum absolute atomic E-state index is 13.0. The lowest BCUT2D eigenvalue weighted by Crippen LogP contribution is -2.39. The molecule has 0 spiro atoms. The van der Waals surface area contributed by atoms with E-state index in [4.69, 9.17) is 4.74 Å². The third-order valence-corrected chi connectivity index (χ3v) is 4.03. The summed E-state index contributed by atoms with van der Waals surface area (Å²) in [7, 11) is 3.12. The highest BCUT2D eigenvalue weighted by atomic mass is 16.5. The smallest absolute Gasteiger partial charge is 0.332 e. The Kier molecular flexibility index (Phi) is 4.16. The Balaban J connectivity index is 2.35. The quantitative estimate of drug-likeness (QED) is 0.717. The number of nitrogens with zero attached hydrogens (tertiary/aromatic N) is 4. The highest BCUT2D eigenvalue weighted by Gasteiger charge is 2.18. The number of hydrogen-bond donors (Lipinski definition) is 0. The Labute approximate surface area is 138 Å². The first kappa shape index (κ1) is 15.9. The van der Waals surface area contributed by atoms with Crippen molar-refractivity contribution in [1.29, 1.82) is 0 Å². The van der Waals surface area contributed by atoms with Crippen molar-refractivity contribution in [3.63, 3.8) is 0 Å². The molecule has 124 valence electrons. The van der Waals surface area contributed by atoms with Gasteiger partial charge in [-0.05, 0) is 18.1 Å². The topological polar surface area (TPSA) is 79.0 Å². The van der Waals surface area contributed by atoms with Gasteiger partial charge in [0.2, 0.25) is 0 Å². The summed E-state index contributed by atoms with van der Waals surface area (Å²) in [5.74, 6) is 0.475. The van der Waals surface area contributed by atoms with Crippen LogP contribution in [-0.2, 0) is 20.0 Å². The van der Waals surface area contributed by atoms with Crippen LogP contribution in [0.5, 0.6) is 5.75 Å². The molecule has 7 nitrogen and oxygen atoms in total. The molecule has 0 radical (unpaired) electrons. The molecule has 0 aliphatic carbocycles. The van der Waals surface area contributed by atoms with Crippen molar-refractivity contribution in [2.45, 2.75) is 19.9 Å². The van der Waals surface area contributed by atoms with E-state index in [1.54, 1.807) is 31.7 Å². The zero-order chi connectivity index (χ0) is 17.3. The first-order chi connectivity index (χ1) is 11.6. The first-order valence-electron chi connectivity index (χ1n) is 7.62. The molecule has 0 aliphatic rings. The van der Waals surface area contributed by atoms with Gasteiger partial charge in [0, 0.05) is 31.2 Å². The molecule has 0 saturated heterocycles. The summed E-state index contributed by atoms with van der Waals surface area (Å²) in [5.41, 5.74) is 1.09. The van der Waals surface area contributed by atoms with Gasteiger partial charge >= 0.3 is 5.69 Å². The summed E-state index contributed by atoms with van der Waals surface area (Å²) in [6.07, 6.45) is 5.60. The minimum absolute atomic E-state index is 0.148. The molecule has 0 bridgehead atoms. The van der Waals surface area contributed by atoms with Gasteiger partial charge in [-0.3, -0.25) is 18.9 Å². The van der Waals surface area contributed by atoms with Crippen molar-refractivity contribution in [3.05, 3.63) is 62.7 Å². The van der Waals surface area contributed by atoms with Gasteiger partial charge in [-0.2, -0.15) is 0 Å². The third kappa shape index (κ3) is 2.47. The zero-order valence-electron chi connectivity index (χ0n) is 13.8. The van der Waals surface area contributed by atoms with Crippen LogP contribution in [0.3, 0.4) is 0 Å². The van der Waals surface area contributed by atoms with Crippen LogP contribution in [0.4, 0.5) is 0 Å². The molecule has 0 unspecified atom stereocenters. The number of rotatable bonds is 4. The molecule has 0 N–H and O–H groups in total. The Bertz CT molecular complexity index is 1010. The fourth-order valence-electron chi connectivity index (χ4n) is 2.76. The Hall–Kier alpha value is -2.96. The van der Waals surface area contributed by atoms with E-state index >= 15 is 0 Å². The van der Waals surface area contributed by atoms with Crippen molar-refractivity contribution < 1.29 is 4.74 Å². The summed E-state index contributed by atoms with van der Waals surface area (Å²) < 4.78 is 8.00. The van der Waals surface area contributed by atoms with Gasteiger partial charge < -0.3 is 4.74 Å². The third-order valence-electron chi connectivity index (χ3n) is 4.03. The lowest BCUT2D eigenvalue weighted by atomic mass is 10.1. The van der Waals surface area contributed by atoms with Crippen molar-refractivity contribution in [2.24, 2.45) is 7.05 Å². The van der Waals surface area contributed by atoms with Gasteiger partial charge in [0.25, 0.3) is 5.56 Å². The lowest BCUT2D eigenvalue weighted by Gasteiger charge is -2.14. The number of pyridine rings is 2. The summed E-state index contributed by atoms with van der Waals surface area (Å²) >= 11 is 0. The van der Waals surface area contributed by atoms with E-state index in [0.717, 1.165) is 11.1 Å². The lowest BCUT2D eigenvalue weighted by molar-refractivity contribution is 0.413. The maximum Gasteiger partial charge on any atom is 0.332 e. The number of aryl methyl sites for hydroxylation is 2. The second-order valence-electron chi connectivity index (χ2n) is 5.46. The van der Waals surface area contributed by atoms with Crippen molar-refractivity contribution >= 4 is 11.0 Å². The fourth-order valence-corrected chi connectivity index (χ4v) is 2.76. The van der Waals surface area contributed by atoms with Crippen LogP contribution in [-0.4, -0.2) is 26.2 Å². The monoisotopic (exact) mass is 326 g/mol. The van der Waals surface area contributed by atoms with Crippen molar-refractivity contribution in [3.8, 4) is 5.75 Å². The van der Waals surface area contributed by atoms with Crippen LogP contribution in [0.1, 0.15) is 18.1 Å². The van der Waals surface area contributed by atoms with Crippen LogP contribution in [0.2, 0.25) is 0 Å². The molecule has 3 aromatic rings. The second-order valence-corrected chi connectivity index (χ2v) is 5.46. The summed E-state index contributed by atoms with van der Waals surface area (Å²) in [5, 5.41) is 0.322. The highest BCUT2D eigenvalue weighted by Crippen LogP contribution is 2.25. The van der Waals surface area contributed by atoms with Crippen LogP contribution >= 0.6 is 0 Å². The summed E-state index contributed by atoms with van der Waals surface area (Å²) in [6, 6.07) is 3.59. The summed E-state index contributed by atoms with van der Waals surface area (Å²) in [4.78, 5) is 33.9. The SMILES string of the molecule is CCc1cnc2c(c1OC)c(=O)n(Cc1cccnc1)c(=O)n2C. The van der Waals surface area contributed by atoms with Crippen LogP contribution in [0, 0.1) is 0 Å². The normalized spacial score (nSPS) is 11.0. The van der Waals surface area contributed by atoms with E-state index in [1.165, 1.54) is 16.2 Å². The molecular weight excluding hydrogens is 308 g/mol. The molecular formula is C17H18N4O3. The highest BCUT2D eigenvalue weighted by molar-refractivity contribution is 5.82. The molecule has 0 amide bonds. The van der Waals surface area contributed by atoms with E-state index in [1.807, 2.05) is 13.0 Å². The van der Waals surface area contributed by atoms with E-state index < -0.39 is 11.2 Å². The molecule has 0 aromatic carbocycles. The number of hydrogen-bond acceptors (Lipinski definition) is 5. The van der Waals surface area contributed by atoms with Gasteiger partial charge in [0.1, 0.15) is 11.1 Å². The Morgan fingerprint density at radius 1 is 1.25 bits per heavy atom. The average molecular weight is 326 g/mol. The molecule has 0 fully saturated rings. The van der Waals surface area contributed by atoms with E-state index in [0.29, 0.717) is 23.2 Å². The van der Waals surface area contributed by atoms with E-state index in [-0.39, 0.29) is 6.54 Å². The van der Waals surface area contributed by atoms with Gasteiger partial charge in [0.15, 0.2) is 5.65 Å². The Morgan fingerprint density at radius 3 is 2.67 bits per heavy atom. The van der Waals surface area contributed by atoms with Crippen molar-refractivity contribution in [1.82, 2.24) is 19.1 Å². The molecule has 0 aliphatic heterocycles. The van der Waals surface area contributed by atoms with Crippen molar-refractivity contribution in [2.75, 3.05) is 7.11 Å². The number of ether oxygens (including phenoxy) is 1. The Morgan fingerprint density at radius 2 is 2.04 bits per heavy atom. The summed E-state index contributed by atoms with van der Waals surface area (Å²) in [6.45, 7) is 2.11. The molecule has 0 atom stereocenters. The van der Waals surface area contributed by atoms with Gasteiger partial charge in [0.05, 0.1) is 13.7 Å². The minimum atomic E-state index is -0.421. The average Bonchev–Trinajstić information content (AvgIpc) is 2.62.